The second-order valence-electron chi connectivity index (χ2n) is 3.85. The lowest BCUT2D eigenvalue weighted by Gasteiger charge is -2.15. The molecule has 0 fully saturated rings. The van der Waals surface area contributed by atoms with Gasteiger partial charge in [-0.05, 0) is 22.9 Å². The molecule has 0 aromatic carbocycles. The molecule has 1 aromatic rings. The summed E-state index contributed by atoms with van der Waals surface area (Å²) < 4.78 is 66.6. The first-order valence-corrected chi connectivity index (χ1v) is 7.31. The van der Waals surface area contributed by atoms with E-state index in [0.717, 1.165) is 13.0 Å². The molecule has 1 unspecified atom stereocenters. The molecule has 0 amide bonds. The smallest absolute Gasteiger partial charge is 0.390 e. The predicted octanol–water partition coefficient (Wildman–Crippen LogP) is 2.15. The zero-order valence-electron chi connectivity index (χ0n) is 9.66. The molecule has 110 valence electrons. The van der Waals surface area contributed by atoms with Crippen LogP contribution in [0.2, 0.25) is 0 Å². The maximum atomic E-state index is 12.1. The fraction of sp³-hybridized carbons (Fsp3) is 0.556. The molecule has 0 bridgehead atoms. The van der Waals surface area contributed by atoms with E-state index in [2.05, 4.69) is 15.9 Å². The Morgan fingerprint density at radius 1 is 1.53 bits per heavy atom. The minimum Gasteiger partial charge on any atom is -0.450 e. The van der Waals surface area contributed by atoms with Crippen molar-refractivity contribution in [1.29, 1.82) is 0 Å². The molecule has 0 saturated carbocycles. The summed E-state index contributed by atoms with van der Waals surface area (Å²) in [5.74, 6) is -0.0178. The third-order valence-electron chi connectivity index (χ3n) is 2.05. The molecular formula is C9H11BrF3NO4S. The first kappa shape index (κ1) is 16.5. The van der Waals surface area contributed by atoms with Crippen LogP contribution >= 0.6 is 15.9 Å². The van der Waals surface area contributed by atoms with Crippen LogP contribution in [0.1, 0.15) is 19.1 Å². The van der Waals surface area contributed by atoms with Crippen LogP contribution in [0.4, 0.5) is 13.2 Å². The van der Waals surface area contributed by atoms with Gasteiger partial charge < -0.3 is 9.52 Å². The molecule has 0 aliphatic rings. The number of halogens is 4. The Labute approximate surface area is 116 Å². The number of hydrogen-bond donors (Lipinski definition) is 2. The van der Waals surface area contributed by atoms with Crippen molar-refractivity contribution in [1.82, 2.24) is 4.72 Å². The highest BCUT2D eigenvalue weighted by Gasteiger charge is 2.33. The minimum atomic E-state index is -4.47. The lowest BCUT2D eigenvalue weighted by atomic mass is 10.2. The number of nitrogens with one attached hydrogen (secondary N) is 1. The van der Waals surface area contributed by atoms with E-state index in [0.29, 0.717) is 0 Å². The second-order valence-corrected chi connectivity index (χ2v) is 6.25. The van der Waals surface area contributed by atoms with Crippen LogP contribution < -0.4 is 4.72 Å². The number of sulfonamides is 1. The average Bonchev–Trinajstić information content (AvgIpc) is 2.56. The first-order chi connectivity index (χ1) is 8.55. The van der Waals surface area contributed by atoms with Crippen molar-refractivity contribution in [2.75, 3.05) is 0 Å². The van der Waals surface area contributed by atoms with E-state index in [4.69, 9.17) is 9.52 Å². The normalized spacial score (nSPS) is 14.6. The Kier molecular flexibility index (Phi) is 5.04. The van der Waals surface area contributed by atoms with Crippen molar-refractivity contribution in [3.8, 4) is 0 Å². The maximum absolute atomic E-state index is 12.1. The van der Waals surface area contributed by atoms with Crippen LogP contribution in [0.3, 0.4) is 0 Å². The van der Waals surface area contributed by atoms with Crippen molar-refractivity contribution in [3.63, 3.8) is 0 Å². The summed E-state index contributed by atoms with van der Waals surface area (Å²) in [5, 5.41) is 8.80. The Bertz CT molecular complexity index is 540. The van der Waals surface area contributed by atoms with Crippen LogP contribution in [0.5, 0.6) is 0 Å². The molecule has 0 aliphatic heterocycles. The van der Waals surface area contributed by atoms with Gasteiger partial charge in [-0.15, -0.1) is 0 Å². The molecule has 19 heavy (non-hydrogen) atoms. The molecule has 10 heteroatoms. The van der Waals surface area contributed by atoms with E-state index >= 15 is 0 Å². The van der Waals surface area contributed by atoms with Gasteiger partial charge >= 0.3 is 6.18 Å². The quantitative estimate of drug-likeness (QED) is 0.837. The Balaban J connectivity index is 2.89. The van der Waals surface area contributed by atoms with E-state index in [-0.39, 0.29) is 15.3 Å². The number of hydrogen-bond acceptors (Lipinski definition) is 4. The van der Waals surface area contributed by atoms with Gasteiger partial charge in [0.1, 0.15) is 17.3 Å². The van der Waals surface area contributed by atoms with Crippen LogP contribution in [0.15, 0.2) is 20.0 Å². The van der Waals surface area contributed by atoms with E-state index in [9.17, 15) is 21.6 Å². The highest BCUT2D eigenvalue weighted by Crippen LogP contribution is 2.27. The fourth-order valence-electron chi connectivity index (χ4n) is 1.38. The molecule has 0 radical (unpaired) electrons. The van der Waals surface area contributed by atoms with Gasteiger partial charge in [0.2, 0.25) is 10.0 Å². The monoisotopic (exact) mass is 365 g/mol. The van der Waals surface area contributed by atoms with Crippen molar-refractivity contribution in [2.45, 2.75) is 37.1 Å². The highest BCUT2D eigenvalue weighted by molar-refractivity contribution is 9.10. The molecule has 1 heterocycles. The molecule has 0 aliphatic carbocycles. The van der Waals surface area contributed by atoms with Crippen molar-refractivity contribution in [3.05, 3.63) is 16.5 Å². The number of rotatable bonds is 5. The lowest BCUT2D eigenvalue weighted by molar-refractivity contribution is -0.137. The zero-order chi connectivity index (χ0) is 14.8. The van der Waals surface area contributed by atoms with Crippen LogP contribution in [0.25, 0.3) is 0 Å². The van der Waals surface area contributed by atoms with Gasteiger partial charge in [-0.2, -0.15) is 13.2 Å². The van der Waals surface area contributed by atoms with Crippen LogP contribution in [-0.2, 0) is 16.6 Å². The predicted molar refractivity (Wildman–Crippen MR) is 62.8 cm³/mol. The van der Waals surface area contributed by atoms with Gasteiger partial charge in [0.05, 0.1) is 6.42 Å². The molecule has 1 aromatic heterocycles. The summed E-state index contributed by atoms with van der Waals surface area (Å²) in [6.45, 7) is 0.582. The van der Waals surface area contributed by atoms with E-state index in [1.54, 1.807) is 0 Å². The van der Waals surface area contributed by atoms with Crippen molar-refractivity contribution in [2.24, 2.45) is 0 Å². The van der Waals surface area contributed by atoms with E-state index in [1.165, 1.54) is 0 Å². The fourth-order valence-corrected chi connectivity index (χ4v) is 3.62. The zero-order valence-corrected chi connectivity index (χ0v) is 12.1. The van der Waals surface area contributed by atoms with E-state index < -0.39 is 35.3 Å². The summed E-state index contributed by atoms with van der Waals surface area (Å²) >= 11 is 2.83. The number of alkyl halides is 3. The molecule has 1 rings (SSSR count). The third kappa shape index (κ3) is 4.79. The molecule has 0 spiro atoms. The van der Waals surface area contributed by atoms with Crippen molar-refractivity contribution < 1.29 is 31.1 Å². The molecule has 5 nitrogen and oxygen atoms in total. The number of aliphatic hydroxyl groups is 1. The summed E-state index contributed by atoms with van der Waals surface area (Å²) in [4.78, 5) is -0.356. The largest absolute Gasteiger partial charge is 0.450 e. The average molecular weight is 366 g/mol. The second kappa shape index (κ2) is 5.81. The van der Waals surface area contributed by atoms with Gasteiger partial charge in [-0.1, -0.05) is 0 Å². The molecule has 2 N–H and O–H groups in total. The number of furan rings is 1. The summed E-state index contributed by atoms with van der Waals surface area (Å²) in [6, 6.07) is -0.281. The molecular weight excluding hydrogens is 355 g/mol. The Morgan fingerprint density at radius 2 is 2.11 bits per heavy atom. The van der Waals surface area contributed by atoms with Crippen LogP contribution in [0, 0.1) is 0 Å². The Hall–Kier alpha value is -0.580. The summed E-state index contributed by atoms with van der Waals surface area (Å²) in [6.07, 6.45) is -5.75. The minimum absolute atomic E-state index is 0.0178. The van der Waals surface area contributed by atoms with Gasteiger partial charge in [-0.3, -0.25) is 0 Å². The van der Waals surface area contributed by atoms with Crippen molar-refractivity contribution >= 4 is 26.0 Å². The van der Waals surface area contributed by atoms with Crippen LogP contribution in [-0.4, -0.2) is 25.7 Å². The number of aliphatic hydroxyl groups excluding tert-OH is 1. The SMILES string of the molecule is CC(CC(F)(F)F)NS(=O)(=O)c1cc(CO)oc1Br. The topological polar surface area (TPSA) is 79.5 Å². The standard InChI is InChI=1S/C9H11BrF3NO4S/c1-5(3-9(11,12)13)14-19(16,17)7-2-6(4-15)18-8(7)10/h2,5,14-15H,3-4H2,1H3. The van der Waals surface area contributed by atoms with Gasteiger partial charge in [0.15, 0.2) is 4.67 Å². The highest BCUT2D eigenvalue weighted by atomic mass is 79.9. The van der Waals surface area contributed by atoms with Gasteiger partial charge in [0.25, 0.3) is 0 Å². The molecule has 1 atom stereocenters. The maximum Gasteiger partial charge on any atom is 0.390 e. The molecule has 0 saturated heterocycles. The van der Waals surface area contributed by atoms with Gasteiger partial charge in [-0.25, -0.2) is 13.1 Å². The van der Waals surface area contributed by atoms with E-state index in [1.807, 2.05) is 4.72 Å². The Morgan fingerprint density at radius 3 is 2.53 bits per heavy atom. The summed E-state index contributed by atoms with van der Waals surface area (Å²) in [5.41, 5.74) is 0. The first-order valence-electron chi connectivity index (χ1n) is 5.03. The summed E-state index contributed by atoms with van der Waals surface area (Å²) in [7, 11) is -4.15. The third-order valence-corrected chi connectivity index (χ3v) is 4.49. The van der Waals surface area contributed by atoms with Gasteiger partial charge in [0, 0.05) is 12.1 Å². The lowest BCUT2D eigenvalue weighted by Crippen LogP contribution is -2.35.